The molecule has 2 aromatic carbocycles. The molecule has 1 amide bonds. The van der Waals surface area contributed by atoms with Gasteiger partial charge >= 0.3 is 0 Å². The minimum absolute atomic E-state index is 0.161. The van der Waals surface area contributed by atoms with Crippen molar-refractivity contribution >= 4 is 17.5 Å². The van der Waals surface area contributed by atoms with Crippen LogP contribution in [0, 0.1) is 6.92 Å². The fraction of sp³-hybridized carbons (Fsp3) is 0.188. The van der Waals surface area contributed by atoms with Crippen molar-refractivity contribution in [3.05, 3.63) is 70.2 Å². The Morgan fingerprint density at radius 3 is 2.35 bits per heavy atom. The zero-order valence-corrected chi connectivity index (χ0v) is 11.9. The Balaban J connectivity index is 1.92. The van der Waals surface area contributed by atoms with E-state index in [-0.39, 0.29) is 12.5 Å². The summed E-state index contributed by atoms with van der Waals surface area (Å²) in [6, 6.07) is 14.2. The van der Waals surface area contributed by atoms with Gasteiger partial charge in [-0.25, -0.2) is 0 Å². The molecule has 1 atom stereocenters. The van der Waals surface area contributed by atoms with E-state index in [1.807, 2.05) is 19.1 Å². The van der Waals surface area contributed by atoms with E-state index in [4.69, 9.17) is 11.6 Å². The summed E-state index contributed by atoms with van der Waals surface area (Å²) in [7, 11) is 0. The Kier molecular flexibility index (Phi) is 4.77. The number of halogens is 1. The van der Waals surface area contributed by atoms with Crippen LogP contribution in [0.15, 0.2) is 48.5 Å². The minimum Gasteiger partial charge on any atom is -0.387 e. The number of amides is 1. The first kappa shape index (κ1) is 14.6. The second-order valence-electron chi connectivity index (χ2n) is 4.64. The molecule has 20 heavy (non-hydrogen) atoms. The van der Waals surface area contributed by atoms with Crippen molar-refractivity contribution in [2.45, 2.75) is 13.0 Å². The predicted molar refractivity (Wildman–Crippen MR) is 79.9 cm³/mol. The van der Waals surface area contributed by atoms with Crippen LogP contribution in [0.2, 0.25) is 5.02 Å². The van der Waals surface area contributed by atoms with Crippen molar-refractivity contribution in [2.24, 2.45) is 0 Å². The summed E-state index contributed by atoms with van der Waals surface area (Å²) < 4.78 is 0. The number of nitrogens with one attached hydrogen (secondary N) is 1. The van der Waals surface area contributed by atoms with E-state index in [9.17, 15) is 9.90 Å². The van der Waals surface area contributed by atoms with E-state index in [0.717, 1.165) is 11.1 Å². The summed E-state index contributed by atoms with van der Waals surface area (Å²) in [6.45, 7) is 2.13. The molecule has 0 aromatic heterocycles. The highest BCUT2D eigenvalue weighted by Crippen LogP contribution is 2.15. The molecule has 0 aliphatic carbocycles. The zero-order chi connectivity index (χ0) is 14.5. The molecule has 104 valence electrons. The summed E-state index contributed by atoms with van der Waals surface area (Å²) in [4.78, 5) is 11.9. The van der Waals surface area contributed by atoms with Gasteiger partial charge in [0.15, 0.2) is 0 Å². The zero-order valence-electron chi connectivity index (χ0n) is 11.1. The molecule has 2 aromatic rings. The molecule has 0 aliphatic heterocycles. The smallest absolute Gasteiger partial charge is 0.251 e. The van der Waals surface area contributed by atoms with Gasteiger partial charge in [-0.15, -0.1) is 0 Å². The van der Waals surface area contributed by atoms with Gasteiger partial charge in [-0.05, 0) is 36.8 Å². The average Bonchev–Trinajstić information content (AvgIpc) is 2.46. The van der Waals surface area contributed by atoms with Crippen molar-refractivity contribution < 1.29 is 9.90 Å². The fourth-order valence-corrected chi connectivity index (χ4v) is 1.93. The van der Waals surface area contributed by atoms with E-state index in [2.05, 4.69) is 5.32 Å². The van der Waals surface area contributed by atoms with Crippen LogP contribution in [0.5, 0.6) is 0 Å². The number of hydrogen-bond acceptors (Lipinski definition) is 2. The van der Waals surface area contributed by atoms with Crippen LogP contribution in [0.3, 0.4) is 0 Å². The van der Waals surface area contributed by atoms with Crippen LogP contribution in [0.4, 0.5) is 0 Å². The first-order valence-corrected chi connectivity index (χ1v) is 6.72. The molecule has 0 saturated heterocycles. The second kappa shape index (κ2) is 6.55. The standard InChI is InChI=1S/C16H16ClNO2/c1-11-2-4-13(5-3-11)16(20)18-10-15(19)12-6-8-14(17)9-7-12/h2-9,15,19H,10H2,1H3,(H,18,20)/t15-/m0/s1. The van der Waals surface area contributed by atoms with Gasteiger partial charge in [0, 0.05) is 17.1 Å². The first-order valence-electron chi connectivity index (χ1n) is 6.34. The number of rotatable bonds is 4. The van der Waals surface area contributed by atoms with Gasteiger partial charge in [0.25, 0.3) is 5.91 Å². The Hall–Kier alpha value is -1.84. The van der Waals surface area contributed by atoms with Gasteiger partial charge in [0.2, 0.25) is 0 Å². The van der Waals surface area contributed by atoms with E-state index >= 15 is 0 Å². The maximum Gasteiger partial charge on any atom is 0.251 e. The molecule has 0 radical (unpaired) electrons. The fourth-order valence-electron chi connectivity index (χ4n) is 1.80. The number of aliphatic hydroxyl groups excluding tert-OH is 1. The molecule has 2 N–H and O–H groups in total. The minimum atomic E-state index is -0.748. The Bertz CT molecular complexity index is 578. The van der Waals surface area contributed by atoms with Crippen molar-refractivity contribution in [2.75, 3.05) is 6.54 Å². The lowest BCUT2D eigenvalue weighted by Crippen LogP contribution is -2.28. The van der Waals surface area contributed by atoms with Crippen molar-refractivity contribution in [1.29, 1.82) is 0 Å². The summed E-state index contributed by atoms with van der Waals surface area (Å²) in [5, 5.41) is 13.3. The molecular weight excluding hydrogens is 274 g/mol. The predicted octanol–water partition coefficient (Wildman–Crippen LogP) is 3.11. The average molecular weight is 290 g/mol. The number of aliphatic hydroxyl groups is 1. The third kappa shape index (κ3) is 3.83. The lowest BCUT2D eigenvalue weighted by Gasteiger charge is -2.12. The van der Waals surface area contributed by atoms with Gasteiger partial charge in [-0.1, -0.05) is 41.4 Å². The molecule has 0 aliphatic rings. The number of benzene rings is 2. The topological polar surface area (TPSA) is 49.3 Å². The largest absolute Gasteiger partial charge is 0.387 e. The molecule has 0 spiro atoms. The van der Waals surface area contributed by atoms with Crippen LogP contribution in [0.25, 0.3) is 0 Å². The normalized spacial score (nSPS) is 11.9. The Labute approximate surface area is 123 Å². The van der Waals surface area contributed by atoms with E-state index in [1.54, 1.807) is 36.4 Å². The third-order valence-corrected chi connectivity index (χ3v) is 3.28. The third-order valence-electron chi connectivity index (χ3n) is 3.02. The number of aryl methyl sites for hydroxylation is 1. The van der Waals surface area contributed by atoms with Crippen molar-refractivity contribution in [3.8, 4) is 0 Å². The monoisotopic (exact) mass is 289 g/mol. The molecule has 4 heteroatoms. The summed E-state index contributed by atoms with van der Waals surface area (Å²) >= 11 is 5.79. The molecule has 0 saturated carbocycles. The van der Waals surface area contributed by atoms with Crippen LogP contribution in [-0.4, -0.2) is 17.6 Å². The van der Waals surface area contributed by atoms with Gasteiger partial charge < -0.3 is 10.4 Å². The maximum absolute atomic E-state index is 11.9. The highest BCUT2D eigenvalue weighted by molar-refractivity contribution is 6.30. The van der Waals surface area contributed by atoms with Crippen LogP contribution in [0.1, 0.15) is 27.6 Å². The van der Waals surface area contributed by atoms with E-state index < -0.39 is 6.10 Å². The maximum atomic E-state index is 11.9. The summed E-state index contributed by atoms with van der Waals surface area (Å²) in [5.74, 6) is -0.196. The van der Waals surface area contributed by atoms with Gasteiger partial charge in [-0.2, -0.15) is 0 Å². The Morgan fingerprint density at radius 1 is 1.15 bits per heavy atom. The van der Waals surface area contributed by atoms with E-state index in [0.29, 0.717) is 10.6 Å². The lowest BCUT2D eigenvalue weighted by molar-refractivity contribution is 0.0916. The molecule has 0 heterocycles. The molecule has 0 unspecified atom stereocenters. The first-order chi connectivity index (χ1) is 9.56. The molecule has 3 nitrogen and oxygen atoms in total. The molecule has 0 fully saturated rings. The number of carbonyl (C=O) groups excluding carboxylic acids is 1. The highest BCUT2D eigenvalue weighted by atomic mass is 35.5. The molecular formula is C16H16ClNO2. The molecule has 0 bridgehead atoms. The van der Waals surface area contributed by atoms with Gasteiger partial charge in [0.05, 0.1) is 6.10 Å². The van der Waals surface area contributed by atoms with Crippen LogP contribution < -0.4 is 5.32 Å². The van der Waals surface area contributed by atoms with Crippen molar-refractivity contribution in [3.63, 3.8) is 0 Å². The van der Waals surface area contributed by atoms with Crippen molar-refractivity contribution in [1.82, 2.24) is 5.32 Å². The second-order valence-corrected chi connectivity index (χ2v) is 5.08. The van der Waals surface area contributed by atoms with Gasteiger partial charge in [-0.3, -0.25) is 4.79 Å². The number of hydrogen-bond donors (Lipinski definition) is 2. The Morgan fingerprint density at radius 2 is 1.75 bits per heavy atom. The summed E-state index contributed by atoms with van der Waals surface area (Å²) in [5.41, 5.74) is 2.40. The molecule has 2 rings (SSSR count). The number of carbonyl (C=O) groups is 1. The lowest BCUT2D eigenvalue weighted by atomic mass is 10.1. The van der Waals surface area contributed by atoms with E-state index in [1.165, 1.54) is 0 Å². The van der Waals surface area contributed by atoms with Crippen LogP contribution in [-0.2, 0) is 0 Å². The SMILES string of the molecule is Cc1ccc(C(=O)NC[C@H](O)c2ccc(Cl)cc2)cc1. The van der Waals surface area contributed by atoms with Crippen LogP contribution >= 0.6 is 11.6 Å². The van der Waals surface area contributed by atoms with Gasteiger partial charge in [0.1, 0.15) is 0 Å². The highest BCUT2D eigenvalue weighted by Gasteiger charge is 2.10. The summed E-state index contributed by atoms with van der Waals surface area (Å²) in [6.07, 6.45) is -0.748. The quantitative estimate of drug-likeness (QED) is 0.908.